The van der Waals surface area contributed by atoms with Gasteiger partial charge in [-0.25, -0.2) is 4.79 Å². The van der Waals surface area contributed by atoms with Crippen LogP contribution in [-0.4, -0.2) is 17.6 Å². The normalized spacial score (nSPS) is 11.0. The molecule has 0 aliphatic heterocycles. The van der Waals surface area contributed by atoms with Crippen LogP contribution in [0.15, 0.2) is 42.5 Å². The molecule has 2 amide bonds. The first kappa shape index (κ1) is 19.5. The number of carbonyl (C=O) groups excluding carboxylic acids is 2. The van der Waals surface area contributed by atoms with Crippen LogP contribution in [0.1, 0.15) is 49.2 Å². The first-order valence-corrected chi connectivity index (χ1v) is 8.69. The summed E-state index contributed by atoms with van der Waals surface area (Å²) in [6.07, 6.45) is 0.277. The average molecular weight is 354 g/mol. The lowest BCUT2D eigenvalue weighted by Crippen LogP contribution is -2.27. The number of hydrogen-bond donors (Lipinski definition) is 2. The summed E-state index contributed by atoms with van der Waals surface area (Å²) < 4.78 is 5.23. The van der Waals surface area contributed by atoms with Gasteiger partial charge in [-0.2, -0.15) is 0 Å². The number of nitrogens with one attached hydrogen (secondary N) is 2. The van der Waals surface area contributed by atoms with E-state index in [1.165, 1.54) is 0 Å². The topological polar surface area (TPSA) is 67.4 Å². The van der Waals surface area contributed by atoms with Gasteiger partial charge < -0.3 is 10.1 Å². The molecule has 0 aromatic heterocycles. The van der Waals surface area contributed by atoms with Crippen LogP contribution in [0.3, 0.4) is 0 Å². The van der Waals surface area contributed by atoms with Gasteiger partial charge in [0.25, 0.3) is 5.91 Å². The number of hydrogen-bond acceptors (Lipinski definition) is 3. The van der Waals surface area contributed by atoms with Crippen LogP contribution in [-0.2, 0) is 11.2 Å². The van der Waals surface area contributed by atoms with Gasteiger partial charge in [-0.1, -0.05) is 31.2 Å². The molecule has 2 N–H and O–H groups in total. The Morgan fingerprint density at radius 3 is 2.38 bits per heavy atom. The molecule has 0 radical (unpaired) electrons. The molecule has 2 aromatic rings. The van der Waals surface area contributed by atoms with Crippen molar-refractivity contribution >= 4 is 23.4 Å². The van der Waals surface area contributed by atoms with Gasteiger partial charge in [0.2, 0.25) is 0 Å². The lowest BCUT2D eigenvalue weighted by Gasteiger charge is -2.19. The smallest absolute Gasteiger partial charge is 0.412 e. The van der Waals surface area contributed by atoms with E-state index in [1.807, 2.05) is 25.1 Å². The Morgan fingerprint density at radius 1 is 1.04 bits per heavy atom. The summed E-state index contributed by atoms with van der Waals surface area (Å²) in [6.45, 7) is 9.41. The van der Waals surface area contributed by atoms with Crippen molar-refractivity contribution in [2.75, 3.05) is 10.6 Å². The molecule has 2 aromatic carbocycles. The van der Waals surface area contributed by atoms with Crippen molar-refractivity contribution in [2.45, 2.75) is 46.6 Å². The van der Waals surface area contributed by atoms with E-state index in [0.717, 1.165) is 23.2 Å². The molecule has 5 nitrogen and oxygen atoms in total. The molecule has 2 rings (SSSR count). The number of aryl methyl sites for hydroxylation is 2. The minimum atomic E-state index is -0.583. The van der Waals surface area contributed by atoms with Crippen molar-refractivity contribution in [3.8, 4) is 0 Å². The zero-order chi connectivity index (χ0) is 19.3. The van der Waals surface area contributed by atoms with Gasteiger partial charge >= 0.3 is 6.09 Å². The number of rotatable bonds is 4. The van der Waals surface area contributed by atoms with E-state index >= 15 is 0 Å². The Hall–Kier alpha value is -2.82. The highest BCUT2D eigenvalue weighted by atomic mass is 16.6. The van der Waals surface area contributed by atoms with Crippen LogP contribution in [0, 0.1) is 6.92 Å². The second-order valence-corrected chi connectivity index (χ2v) is 7.12. The molecular formula is C21H26N2O3. The Balaban J connectivity index is 2.15. The van der Waals surface area contributed by atoms with E-state index < -0.39 is 11.7 Å². The predicted octanol–water partition coefficient (Wildman–Crippen LogP) is 5.16. The van der Waals surface area contributed by atoms with Crippen molar-refractivity contribution in [3.05, 3.63) is 59.2 Å². The van der Waals surface area contributed by atoms with Gasteiger partial charge in [0.15, 0.2) is 0 Å². The summed E-state index contributed by atoms with van der Waals surface area (Å²) in [7, 11) is 0. The maximum absolute atomic E-state index is 12.6. The summed E-state index contributed by atoms with van der Waals surface area (Å²) in [4.78, 5) is 24.5. The lowest BCUT2D eigenvalue weighted by atomic mass is 10.1. The largest absolute Gasteiger partial charge is 0.444 e. The molecular weight excluding hydrogens is 328 g/mol. The number of para-hydroxylation sites is 1. The molecule has 0 saturated carbocycles. The van der Waals surface area contributed by atoms with E-state index in [9.17, 15) is 9.59 Å². The molecule has 0 saturated heterocycles. The molecule has 0 unspecified atom stereocenters. The van der Waals surface area contributed by atoms with E-state index in [0.29, 0.717) is 11.3 Å². The Bertz CT molecular complexity index is 807. The Kier molecular flexibility index (Phi) is 6.03. The van der Waals surface area contributed by atoms with Gasteiger partial charge in [0, 0.05) is 16.9 Å². The van der Waals surface area contributed by atoms with E-state index in [1.54, 1.807) is 45.0 Å². The molecule has 0 atom stereocenters. The molecule has 0 fully saturated rings. The summed E-state index contributed by atoms with van der Waals surface area (Å²) in [6, 6.07) is 12.7. The molecule has 0 spiro atoms. The predicted molar refractivity (Wildman–Crippen MR) is 105 cm³/mol. The van der Waals surface area contributed by atoms with Crippen molar-refractivity contribution < 1.29 is 14.3 Å². The van der Waals surface area contributed by atoms with Crippen LogP contribution in [0.4, 0.5) is 16.2 Å². The van der Waals surface area contributed by atoms with Crippen LogP contribution < -0.4 is 10.6 Å². The summed E-state index contributed by atoms with van der Waals surface area (Å²) in [5.74, 6) is -0.221. The highest BCUT2D eigenvalue weighted by Crippen LogP contribution is 2.22. The quantitative estimate of drug-likeness (QED) is 0.797. The zero-order valence-corrected chi connectivity index (χ0v) is 16.0. The third-order valence-corrected chi connectivity index (χ3v) is 3.75. The number of benzene rings is 2. The maximum Gasteiger partial charge on any atom is 0.412 e. The van der Waals surface area contributed by atoms with Gasteiger partial charge in [-0.15, -0.1) is 0 Å². The number of ether oxygens (including phenoxy) is 1. The van der Waals surface area contributed by atoms with Gasteiger partial charge in [0.05, 0.1) is 0 Å². The molecule has 26 heavy (non-hydrogen) atoms. The summed E-state index contributed by atoms with van der Waals surface area (Å²) >= 11 is 0. The zero-order valence-electron chi connectivity index (χ0n) is 16.0. The second kappa shape index (κ2) is 8.04. The SMILES string of the molecule is CCc1cccc(C)c1NC(=O)c1cccc(NC(=O)OC(C)(C)C)c1. The molecule has 0 heterocycles. The summed E-state index contributed by atoms with van der Waals surface area (Å²) in [5.41, 5.74) is 3.32. The Morgan fingerprint density at radius 2 is 1.73 bits per heavy atom. The summed E-state index contributed by atoms with van der Waals surface area (Å²) in [5, 5.41) is 5.63. The van der Waals surface area contributed by atoms with Gasteiger partial charge in [-0.3, -0.25) is 10.1 Å². The fraction of sp³-hybridized carbons (Fsp3) is 0.333. The van der Waals surface area contributed by atoms with Crippen molar-refractivity contribution in [1.29, 1.82) is 0 Å². The molecule has 0 aliphatic carbocycles. The van der Waals surface area contributed by atoms with Gasteiger partial charge in [0.1, 0.15) is 5.60 Å². The monoisotopic (exact) mass is 354 g/mol. The van der Waals surface area contributed by atoms with Crippen LogP contribution in [0.25, 0.3) is 0 Å². The molecule has 0 aliphatic rings. The molecule has 0 bridgehead atoms. The highest BCUT2D eigenvalue weighted by Gasteiger charge is 2.17. The lowest BCUT2D eigenvalue weighted by molar-refractivity contribution is 0.0635. The van der Waals surface area contributed by atoms with Crippen molar-refractivity contribution in [3.63, 3.8) is 0 Å². The number of anilines is 2. The first-order chi connectivity index (χ1) is 12.2. The van der Waals surface area contributed by atoms with E-state index in [-0.39, 0.29) is 5.91 Å². The molecule has 5 heteroatoms. The number of amides is 2. The van der Waals surface area contributed by atoms with E-state index in [2.05, 4.69) is 17.6 Å². The fourth-order valence-corrected chi connectivity index (χ4v) is 2.55. The third kappa shape index (κ3) is 5.34. The standard InChI is InChI=1S/C21H26N2O3/c1-6-15-10-7-9-14(2)18(15)23-19(24)16-11-8-12-17(13-16)22-20(25)26-21(3,4)5/h7-13H,6H2,1-5H3,(H,22,25)(H,23,24). The number of carbonyl (C=O) groups is 2. The van der Waals surface area contributed by atoms with Crippen molar-refractivity contribution in [2.24, 2.45) is 0 Å². The minimum Gasteiger partial charge on any atom is -0.444 e. The van der Waals surface area contributed by atoms with Crippen LogP contribution in [0.2, 0.25) is 0 Å². The third-order valence-electron chi connectivity index (χ3n) is 3.75. The first-order valence-electron chi connectivity index (χ1n) is 8.69. The Labute approximate surface area is 154 Å². The average Bonchev–Trinajstić information content (AvgIpc) is 2.55. The van der Waals surface area contributed by atoms with Crippen LogP contribution in [0.5, 0.6) is 0 Å². The second-order valence-electron chi connectivity index (χ2n) is 7.12. The fourth-order valence-electron chi connectivity index (χ4n) is 2.55. The molecule has 138 valence electrons. The maximum atomic E-state index is 12.6. The van der Waals surface area contributed by atoms with Crippen LogP contribution >= 0.6 is 0 Å². The van der Waals surface area contributed by atoms with Crippen molar-refractivity contribution in [1.82, 2.24) is 0 Å². The minimum absolute atomic E-state index is 0.221. The van der Waals surface area contributed by atoms with E-state index in [4.69, 9.17) is 4.74 Å². The highest BCUT2D eigenvalue weighted by molar-refractivity contribution is 6.06. The van der Waals surface area contributed by atoms with Gasteiger partial charge in [-0.05, 0) is 63.4 Å².